The van der Waals surface area contributed by atoms with Gasteiger partial charge in [-0.1, -0.05) is 11.6 Å². The number of aliphatic hydroxyl groups is 1. The Hall–Kier alpha value is -1.35. The molecule has 1 aromatic rings. The molecule has 0 bridgehead atoms. The number of ether oxygens (including phenoxy) is 1. The van der Waals surface area contributed by atoms with Crippen molar-refractivity contribution in [1.82, 2.24) is 0 Å². The van der Waals surface area contributed by atoms with Gasteiger partial charge < -0.3 is 9.84 Å². The first-order chi connectivity index (χ1) is 7.41. The van der Waals surface area contributed by atoms with Gasteiger partial charge in [-0.05, 0) is 39.8 Å². The van der Waals surface area contributed by atoms with E-state index in [4.69, 9.17) is 4.74 Å². The van der Waals surface area contributed by atoms with E-state index in [0.29, 0.717) is 11.3 Å². The third-order valence-electron chi connectivity index (χ3n) is 2.51. The van der Waals surface area contributed by atoms with Crippen LogP contribution in [0.5, 0.6) is 5.75 Å². The molecule has 0 aliphatic rings. The number of hydrogen-bond acceptors (Lipinski definition) is 3. The quantitative estimate of drug-likeness (QED) is 0.795. The molecule has 0 spiro atoms. The summed E-state index contributed by atoms with van der Waals surface area (Å²) in [5.41, 5.74) is 1.58. The molecule has 3 heteroatoms. The number of aryl methyl sites for hydroxylation is 1. The Bertz CT molecular complexity index is 383. The number of carbonyl (C=O) groups is 1. The minimum absolute atomic E-state index is 0.0310. The summed E-state index contributed by atoms with van der Waals surface area (Å²) in [6.07, 6.45) is -0.901. The largest absolute Gasteiger partial charge is 0.487 e. The van der Waals surface area contributed by atoms with E-state index in [-0.39, 0.29) is 11.9 Å². The molecule has 2 unspecified atom stereocenters. The van der Waals surface area contributed by atoms with Crippen LogP contribution in [-0.2, 0) is 0 Å². The number of benzene rings is 1. The van der Waals surface area contributed by atoms with E-state index in [1.165, 1.54) is 6.92 Å². The molecule has 0 aliphatic heterocycles. The highest BCUT2D eigenvalue weighted by Crippen LogP contribution is 2.22. The maximum absolute atomic E-state index is 11.4. The Labute approximate surface area is 96.1 Å². The molecule has 1 aromatic carbocycles. The van der Waals surface area contributed by atoms with E-state index >= 15 is 0 Å². The van der Waals surface area contributed by atoms with E-state index in [2.05, 4.69) is 0 Å². The van der Waals surface area contributed by atoms with E-state index in [0.717, 1.165) is 5.56 Å². The lowest BCUT2D eigenvalue weighted by atomic mass is 10.1. The van der Waals surface area contributed by atoms with Crippen LogP contribution in [0, 0.1) is 6.92 Å². The number of hydrogen-bond donors (Lipinski definition) is 1. The molecule has 0 aromatic heterocycles. The smallest absolute Gasteiger partial charge is 0.163 e. The summed E-state index contributed by atoms with van der Waals surface area (Å²) in [4.78, 5) is 11.4. The fourth-order valence-corrected chi connectivity index (χ4v) is 1.32. The van der Waals surface area contributed by atoms with Crippen molar-refractivity contribution < 1.29 is 14.6 Å². The third kappa shape index (κ3) is 3.07. The summed E-state index contributed by atoms with van der Waals surface area (Å²) in [5.74, 6) is 0.503. The molecule has 2 atom stereocenters. The van der Waals surface area contributed by atoms with Crippen molar-refractivity contribution in [3.63, 3.8) is 0 Å². The zero-order valence-electron chi connectivity index (χ0n) is 10.2. The van der Waals surface area contributed by atoms with Gasteiger partial charge in [0.15, 0.2) is 5.78 Å². The SMILES string of the molecule is CC(=O)c1cc(C)ccc1OC(C)C(C)O. The molecule has 0 aliphatic carbocycles. The highest BCUT2D eigenvalue weighted by atomic mass is 16.5. The summed E-state index contributed by atoms with van der Waals surface area (Å²) in [6, 6.07) is 5.45. The molecular weight excluding hydrogens is 204 g/mol. The van der Waals surface area contributed by atoms with Gasteiger partial charge in [0.2, 0.25) is 0 Å². The Balaban J connectivity index is 2.99. The van der Waals surface area contributed by atoms with E-state index < -0.39 is 6.10 Å². The van der Waals surface area contributed by atoms with Crippen molar-refractivity contribution in [2.45, 2.75) is 39.9 Å². The zero-order chi connectivity index (χ0) is 12.3. The van der Waals surface area contributed by atoms with Gasteiger partial charge >= 0.3 is 0 Å². The van der Waals surface area contributed by atoms with Crippen LogP contribution >= 0.6 is 0 Å². The maximum atomic E-state index is 11.4. The van der Waals surface area contributed by atoms with Crippen molar-refractivity contribution in [3.05, 3.63) is 29.3 Å². The van der Waals surface area contributed by atoms with Crippen molar-refractivity contribution >= 4 is 5.78 Å². The number of carbonyl (C=O) groups excluding carboxylic acids is 1. The van der Waals surface area contributed by atoms with Gasteiger partial charge in [0.25, 0.3) is 0 Å². The lowest BCUT2D eigenvalue weighted by Crippen LogP contribution is -2.26. The highest BCUT2D eigenvalue weighted by molar-refractivity contribution is 5.97. The monoisotopic (exact) mass is 222 g/mol. The summed E-state index contributed by atoms with van der Waals surface area (Å²) >= 11 is 0. The van der Waals surface area contributed by atoms with Crippen LogP contribution in [0.15, 0.2) is 18.2 Å². The second kappa shape index (κ2) is 5.12. The van der Waals surface area contributed by atoms with Gasteiger partial charge in [0, 0.05) is 0 Å². The minimum atomic E-state index is -0.568. The summed E-state index contributed by atoms with van der Waals surface area (Å²) in [5, 5.41) is 9.36. The molecule has 0 saturated carbocycles. The van der Waals surface area contributed by atoms with Crippen LogP contribution < -0.4 is 4.74 Å². The summed E-state index contributed by atoms with van der Waals surface area (Å²) in [7, 11) is 0. The molecule has 0 radical (unpaired) electrons. The first kappa shape index (κ1) is 12.7. The molecule has 0 heterocycles. The van der Waals surface area contributed by atoms with Gasteiger partial charge in [0.1, 0.15) is 11.9 Å². The van der Waals surface area contributed by atoms with Gasteiger partial charge in [-0.15, -0.1) is 0 Å². The molecule has 0 saturated heterocycles. The fourth-order valence-electron chi connectivity index (χ4n) is 1.32. The second-order valence-electron chi connectivity index (χ2n) is 4.12. The van der Waals surface area contributed by atoms with Gasteiger partial charge in [-0.25, -0.2) is 0 Å². The van der Waals surface area contributed by atoms with Crippen molar-refractivity contribution in [3.8, 4) is 5.75 Å². The third-order valence-corrected chi connectivity index (χ3v) is 2.51. The van der Waals surface area contributed by atoms with Crippen LogP contribution in [0.25, 0.3) is 0 Å². The highest BCUT2D eigenvalue weighted by Gasteiger charge is 2.14. The zero-order valence-corrected chi connectivity index (χ0v) is 10.2. The summed E-state index contributed by atoms with van der Waals surface area (Å²) in [6.45, 7) is 6.86. The Morgan fingerprint density at radius 3 is 2.50 bits per heavy atom. The molecule has 88 valence electrons. The molecular formula is C13H18O3. The van der Waals surface area contributed by atoms with E-state index in [1.54, 1.807) is 26.0 Å². The Morgan fingerprint density at radius 2 is 2.00 bits per heavy atom. The van der Waals surface area contributed by atoms with E-state index in [1.807, 2.05) is 13.0 Å². The summed E-state index contributed by atoms with van der Waals surface area (Å²) < 4.78 is 5.55. The van der Waals surface area contributed by atoms with Crippen LogP contribution in [0.3, 0.4) is 0 Å². The number of rotatable bonds is 4. The molecule has 1 rings (SSSR count). The Kier molecular flexibility index (Phi) is 4.07. The molecule has 0 amide bonds. The number of Topliss-reactive ketones (excluding diaryl/α,β-unsaturated/α-hetero) is 1. The predicted molar refractivity (Wildman–Crippen MR) is 63.0 cm³/mol. The first-order valence-electron chi connectivity index (χ1n) is 5.38. The van der Waals surface area contributed by atoms with Gasteiger partial charge in [0.05, 0.1) is 11.7 Å². The van der Waals surface area contributed by atoms with E-state index in [9.17, 15) is 9.90 Å². The average molecular weight is 222 g/mol. The fraction of sp³-hybridized carbons (Fsp3) is 0.462. The lowest BCUT2D eigenvalue weighted by Gasteiger charge is -2.19. The number of ketones is 1. The molecule has 0 fully saturated rings. The average Bonchev–Trinajstić information content (AvgIpc) is 2.20. The van der Waals surface area contributed by atoms with Crippen LogP contribution in [0.1, 0.15) is 36.7 Å². The second-order valence-corrected chi connectivity index (χ2v) is 4.12. The topological polar surface area (TPSA) is 46.5 Å². The lowest BCUT2D eigenvalue weighted by molar-refractivity contribution is 0.0594. The molecule has 16 heavy (non-hydrogen) atoms. The minimum Gasteiger partial charge on any atom is -0.487 e. The van der Waals surface area contributed by atoms with Crippen molar-refractivity contribution in [1.29, 1.82) is 0 Å². The Morgan fingerprint density at radius 1 is 1.38 bits per heavy atom. The molecule has 1 N–H and O–H groups in total. The van der Waals surface area contributed by atoms with Crippen LogP contribution in [0.4, 0.5) is 0 Å². The predicted octanol–water partition coefficient (Wildman–Crippen LogP) is 2.35. The first-order valence-corrected chi connectivity index (χ1v) is 5.38. The van der Waals surface area contributed by atoms with Crippen LogP contribution in [0.2, 0.25) is 0 Å². The normalized spacial score (nSPS) is 14.3. The van der Waals surface area contributed by atoms with Gasteiger partial charge in [-0.3, -0.25) is 4.79 Å². The van der Waals surface area contributed by atoms with Crippen molar-refractivity contribution in [2.75, 3.05) is 0 Å². The van der Waals surface area contributed by atoms with Crippen molar-refractivity contribution in [2.24, 2.45) is 0 Å². The van der Waals surface area contributed by atoms with Gasteiger partial charge in [-0.2, -0.15) is 0 Å². The standard InChI is InChI=1S/C13H18O3/c1-8-5-6-13(12(7-8)10(3)15)16-11(4)9(2)14/h5-7,9,11,14H,1-4H3. The maximum Gasteiger partial charge on any atom is 0.163 e. The molecule has 3 nitrogen and oxygen atoms in total. The number of aliphatic hydroxyl groups excluding tert-OH is 1. The van der Waals surface area contributed by atoms with Crippen LogP contribution in [-0.4, -0.2) is 23.1 Å².